The van der Waals surface area contributed by atoms with E-state index in [2.05, 4.69) is 34.5 Å². The third kappa shape index (κ3) is 3.74. The molecule has 2 aliphatic rings. The van der Waals surface area contributed by atoms with E-state index >= 15 is 0 Å². The minimum atomic E-state index is -0.380. The van der Waals surface area contributed by atoms with Gasteiger partial charge in [-0.3, -0.25) is 9.69 Å². The second-order valence-electron chi connectivity index (χ2n) is 6.62. The molecule has 0 radical (unpaired) electrons. The molecular weight excluding hydrogens is 292 g/mol. The molecule has 0 aromatic heterocycles. The van der Waals surface area contributed by atoms with Gasteiger partial charge in [0.15, 0.2) is 0 Å². The number of nitrogens with one attached hydrogen (secondary N) is 1. The second-order valence-corrected chi connectivity index (χ2v) is 6.62. The van der Waals surface area contributed by atoms with Gasteiger partial charge in [0.05, 0.1) is 0 Å². The van der Waals surface area contributed by atoms with Crippen LogP contribution in [0.25, 0.3) is 0 Å². The van der Waals surface area contributed by atoms with Crippen LogP contribution in [-0.2, 0) is 20.8 Å². The quantitative estimate of drug-likeness (QED) is 0.841. The number of benzene rings is 1. The molecule has 1 atom stereocenters. The van der Waals surface area contributed by atoms with Crippen molar-refractivity contribution in [3.05, 3.63) is 35.9 Å². The number of methoxy groups -OCH3 is 1. The molecule has 0 saturated carbocycles. The predicted octanol–water partition coefficient (Wildman–Crippen LogP) is 1.78. The first kappa shape index (κ1) is 16.4. The molecule has 2 heterocycles. The monoisotopic (exact) mass is 318 g/mol. The Morgan fingerprint density at radius 1 is 1.22 bits per heavy atom. The lowest BCUT2D eigenvalue weighted by Crippen LogP contribution is -2.58. The summed E-state index contributed by atoms with van der Waals surface area (Å²) in [6.45, 7) is 3.93. The molecule has 1 unspecified atom stereocenters. The van der Waals surface area contributed by atoms with Gasteiger partial charge in [0.1, 0.15) is 12.9 Å². The van der Waals surface area contributed by atoms with E-state index in [4.69, 9.17) is 9.47 Å². The number of piperidine rings is 2. The maximum atomic E-state index is 12.2. The third-order valence-electron chi connectivity index (χ3n) is 5.17. The number of amides is 1. The average molecular weight is 318 g/mol. The van der Waals surface area contributed by atoms with Crippen LogP contribution in [0.4, 0.5) is 0 Å². The van der Waals surface area contributed by atoms with Gasteiger partial charge in [-0.05, 0) is 37.9 Å². The first-order valence-electron chi connectivity index (χ1n) is 8.38. The molecule has 0 aliphatic carbocycles. The number of hydrogen-bond donors (Lipinski definition) is 1. The van der Waals surface area contributed by atoms with Gasteiger partial charge < -0.3 is 14.8 Å². The second kappa shape index (κ2) is 7.43. The van der Waals surface area contributed by atoms with Crippen molar-refractivity contribution in [2.45, 2.75) is 31.9 Å². The van der Waals surface area contributed by atoms with Crippen LogP contribution in [0.3, 0.4) is 0 Å². The van der Waals surface area contributed by atoms with Crippen LogP contribution in [0.2, 0.25) is 0 Å². The number of nitrogens with zero attached hydrogens (tertiary/aromatic N) is 1. The van der Waals surface area contributed by atoms with Gasteiger partial charge in [-0.15, -0.1) is 0 Å². The van der Waals surface area contributed by atoms with E-state index in [0.29, 0.717) is 0 Å². The van der Waals surface area contributed by atoms with Gasteiger partial charge in [0.25, 0.3) is 0 Å². The Balaban J connectivity index is 1.62. The minimum Gasteiger partial charge on any atom is -0.359 e. The Hall–Kier alpha value is -1.43. The Morgan fingerprint density at radius 3 is 2.65 bits per heavy atom. The molecule has 5 nitrogen and oxygen atoms in total. The van der Waals surface area contributed by atoms with Gasteiger partial charge in [-0.25, -0.2) is 0 Å². The number of hydrogen-bond acceptors (Lipinski definition) is 4. The summed E-state index contributed by atoms with van der Waals surface area (Å²) < 4.78 is 10.8. The standard InChI is InChI=1S/C18H26N2O3/c1-22-14-23-16-17(21)19-10-7-18(16)8-11-20(12-9-18)13-15-5-3-2-4-6-15/h2-6,16H,7-14H2,1H3,(H,19,21). The molecule has 23 heavy (non-hydrogen) atoms. The van der Waals surface area contributed by atoms with Crippen molar-refractivity contribution < 1.29 is 14.3 Å². The first-order valence-corrected chi connectivity index (χ1v) is 8.38. The van der Waals surface area contributed by atoms with Crippen molar-refractivity contribution >= 4 is 5.91 Å². The zero-order valence-corrected chi connectivity index (χ0v) is 13.8. The summed E-state index contributed by atoms with van der Waals surface area (Å²) >= 11 is 0. The van der Waals surface area contributed by atoms with Crippen LogP contribution >= 0.6 is 0 Å². The molecule has 1 aromatic carbocycles. The highest BCUT2D eigenvalue weighted by atomic mass is 16.7. The smallest absolute Gasteiger partial charge is 0.249 e. The topological polar surface area (TPSA) is 50.8 Å². The van der Waals surface area contributed by atoms with Crippen molar-refractivity contribution in [2.24, 2.45) is 5.41 Å². The van der Waals surface area contributed by atoms with Crippen LogP contribution in [-0.4, -0.2) is 50.4 Å². The van der Waals surface area contributed by atoms with Gasteiger partial charge in [-0.2, -0.15) is 0 Å². The Labute approximate surface area is 137 Å². The van der Waals surface area contributed by atoms with Crippen molar-refractivity contribution in [2.75, 3.05) is 33.5 Å². The maximum Gasteiger partial charge on any atom is 0.249 e. The van der Waals surface area contributed by atoms with Crippen molar-refractivity contribution in [1.29, 1.82) is 0 Å². The molecule has 0 bridgehead atoms. The molecule has 1 spiro atoms. The van der Waals surface area contributed by atoms with Gasteiger partial charge in [0, 0.05) is 25.6 Å². The van der Waals surface area contributed by atoms with E-state index in [1.807, 2.05) is 6.07 Å². The SMILES string of the molecule is COCOC1C(=O)NCCC12CCN(Cc1ccccc1)CC2. The van der Waals surface area contributed by atoms with Gasteiger partial charge >= 0.3 is 0 Å². The fourth-order valence-corrected chi connectivity index (χ4v) is 3.84. The third-order valence-corrected chi connectivity index (χ3v) is 5.17. The Bertz CT molecular complexity index is 512. The van der Waals surface area contributed by atoms with E-state index in [9.17, 15) is 4.79 Å². The van der Waals surface area contributed by atoms with Crippen LogP contribution < -0.4 is 5.32 Å². The van der Waals surface area contributed by atoms with E-state index in [0.717, 1.165) is 45.4 Å². The summed E-state index contributed by atoms with van der Waals surface area (Å²) in [4.78, 5) is 14.7. The zero-order valence-electron chi connectivity index (χ0n) is 13.8. The number of likely N-dealkylation sites (tertiary alicyclic amines) is 1. The molecule has 2 aliphatic heterocycles. The molecule has 1 N–H and O–H groups in total. The zero-order chi connectivity index (χ0) is 16.1. The summed E-state index contributed by atoms with van der Waals surface area (Å²) in [5, 5.41) is 2.93. The molecule has 3 rings (SSSR count). The number of ether oxygens (including phenoxy) is 2. The Kier molecular flexibility index (Phi) is 5.30. The van der Waals surface area contributed by atoms with E-state index < -0.39 is 0 Å². The number of carbonyl (C=O) groups excluding carboxylic acids is 1. The summed E-state index contributed by atoms with van der Waals surface area (Å²) in [6, 6.07) is 10.6. The fourth-order valence-electron chi connectivity index (χ4n) is 3.84. The molecule has 126 valence electrons. The van der Waals surface area contributed by atoms with Gasteiger partial charge in [0.2, 0.25) is 5.91 Å². The summed E-state index contributed by atoms with van der Waals surface area (Å²) in [6.07, 6.45) is 2.62. The van der Waals surface area contributed by atoms with Crippen molar-refractivity contribution in [1.82, 2.24) is 10.2 Å². The van der Waals surface area contributed by atoms with Gasteiger partial charge in [-0.1, -0.05) is 30.3 Å². The van der Waals surface area contributed by atoms with E-state index in [-0.39, 0.29) is 24.2 Å². The van der Waals surface area contributed by atoms with E-state index in [1.54, 1.807) is 7.11 Å². The highest BCUT2D eigenvalue weighted by Crippen LogP contribution is 2.41. The predicted molar refractivity (Wildman–Crippen MR) is 87.8 cm³/mol. The molecule has 1 amide bonds. The molecule has 2 fully saturated rings. The summed E-state index contributed by atoms with van der Waals surface area (Å²) in [7, 11) is 1.59. The lowest BCUT2D eigenvalue weighted by atomic mass is 9.69. The molecular formula is C18H26N2O3. The first-order chi connectivity index (χ1) is 11.2. The average Bonchev–Trinajstić information content (AvgIpc) is 2.58. The Morgan fingerprint density at radius 2 is 1.96 bits per heavy atom. The largest absolute Gasteiger partial charge is 0.359 e. The number of rotatable bonds is 5. The minimum absolute atomic E-state index is 0.0183. The van der Waals surface area contributed by atoms with Crippen LogP contribution in [0.5, 0.6) is 0 Å². The van der Waals surface area contributed by atoms with Crippen LogP contribution in [0.1, 0.15) is 24.8 Å². The molecule has 2 saturated heterocycles. The lowest BCUT2D eigenvalue weighted by molar-refractivity contribution is -0.170. The van der Waals surface area contributed by atoms with Crippen molar-refractivity contribution in [3.63, 3.8) is 0 Å². The maximum absolute atomic E-state index is 12.2. The molecule has 5 heteroatoms. The highest BCUT2D eigenvalue weighted by molar-refractivity contribution is 5.82. The number of carbonyl (C=O) groups is 1. The highest BCUT2D eigenvalue weighted by Gasteiger charge is 2.47. The van der Waals surface area contributed by atoms with Crippen molar-refractivity contribution in [3.8, 4) is 0 Å². The lowest BCUT2D eigenvalue weighted by Gasteiger charge is -2.47. The van der Waals surface area contributed by atoms with Crippen LogP contribution in [0, 0.1) is 5.41 Å². The molecule has 1 aromatic rings. The summed E-state index contributed by atoms with van der Waals surface area (Å²) in [5.41, 5.74) is 1.31. The fraction of sp³-hybridized carbons (Fsp3) is 0.611. The van der Waals surface area contributed by atoms with E-state index in [1.165, 1.54) is 5.56 Å². The summed E-state index contributed by atoms with van der Waals surface area (Å²) in [5.74, 6) is 0.0183. The normalized spacial score (nSPS) is 24.6. The van der Waals surface area contributed by atoms with Crippen LogP contribution in [0.15, 0.2) is 30.3 Å².